The molecule has 0 saturated heterocycles. The van der Waals surface area contributed by atoms with Gasteiger partial charge in [-0.25, -0.2) is 0 Å². The lowest BCUT2D eigenvalue weighted by molar-refractivity contribution is -0.140. The molecule has 0 spiro atoms. The van der Waals surface area contributed by atoms with Crippen LogP contribution >= 0.6 is 0 Å². The number of methoxy groups -OCH3 is 1. The van der Waals surface area contributed by atoms with Gasteiger partial charge >= 0.3 is 0 Å². The van der Waals surface area contributed by atoms with E-state index in [4.69, 9.17) is 4.74 Å². The summed E-state index contributed by atoms with van der Waals surface area (Å²) in [4.78, 5) is 51.6. The summed E-state index contributed by atoms with van der Waals surface area (Å²) >= 11 is 0. The van der Waals surface area contributed by atoms with Crippen LogP contribution in [0.5, 0.6) is 5.75 Å². The number of carbonyl (C=O) groups is 4. The monoisotopic (exact) mass is 479 g/mol. The Kier molecular flexibility index (Phi) is 9.00. The maximum Gasteiger partial charge on any atom is 0.289 e. The number of Topliss-reactive ketones (excluding diaryl/α,β-unsaturated/α-hetero) is 1. The fourth-order valence-electron chi connectivity index (χ4n) is 3.68. The zero-order valence-electron chi connectivity index (χ0n) is 20.4. The summed E-state index contributed by atoms with van der Waals surface area (Å²) in [5.41, 5.74) is 1.16. The summed E-state index contributed by atoms with van der Waals surface area (Å²) in [6.45, 7) is 3.88. The first kappa shape index (κ1) is 25.9. The van der Waals surface area contributed by atoms with Crippen LogP contribution in [0.1, 0.15) is 49.0 Å². The molecular formula is C27H33N3O5. The van der Waals surface area contributed by atoms with E-state index in [1.165, 1.54) is 7.11 Å². The van der Waals surface area contributed by atoms with E-state index in [1.807, 2.05) is 44.2 Å². The first-order valence-corrected chi connectivity index (χ1v) is 11.9. The van der Waals surface area contributed by atoms with Gasteiger partial charge in [0.1, 0.15) is 17.8 Å². The van der Waals surface area contributed by atoms with Gasteiger partial charge in [0.25, 0.3) is 11.8 Å². The van der Waals surface area contributed by atoms with Crippen molar-refractivity contribution in [3.05, 3.63) is 65.7 Å². The first-order chi connectivity index (χ1) is 16.8. The fraction of sp³-hybridized carbons (Fsp3) is 0.407. The molecule has 3 amide bonds. The van der Waals surface area contributed by atoms with Crippen molar-refractivity contribution >= 4 is 23.5 Å². The van der Waals surface area contributed by atoms with E-state index in [0.29, 0.717) is 17.7 Å². The molecule has 0 heterocycles. The second-order valence-electron chi connectivity index (χ2n) is 9.25. The number of hydrogen-bond donors (Lipinski definition) is 3. The summed E-state index contributed by atoms with van der Waals surface area (Å²) in [5, 5.41) is 8.21. The minimum atomic E-state index is -1.05. The number of benzene rings is 2. The van der Waals surface area contributed by atoms with Crippen LogP contribution in [0.2, 0.25) is 0 Å². The Morgan fingerprint density at radius 3 is 2.29 bits per heavy atom. The molecule has 35 heavy (non-hydrogen) atoms. The third-order valence-electron chi connectivity index (χ3n) is 5.71. The normalized spacial score (nSPS) is 14.5. The molecule has 3 rings (SSSR count). The highest BCUT2D eigenvalue weighted by Gasteiger charge is 2.33. The molecule has 8 heteroatoms. The summed E-state index contributed by atoms with van der Waals surface area (Å²) in [5.74, 6) is -1.72. The molecule has 186 valence electrons. The highest BCUT2D eigenvalue weighted by atomic mass is 16.5. The lowest BCUT2D eigenvalue weighted by Gasteiger charge is -2.24. The zero-order chi connectivity index (χ0) is 25.4. The number of ether oxygens (including phenoxy) is 1. The molecule has 1 aliphatic carbocycles. The molecule has 8 nitrogen and oxygen atoms in total. The molecule has 0 bridgehead atoms. The second-order valence-corrected chi connectivity index (χ2v) is 9.25. The Labute approximate surface area is 205 Å². The van der Waals surface area contributed by atoms with Crippen molar-refractivity contribution in [1.82, 2.24) is 16.0 Å². The maximum atomic E-state index is 13.3. The van der Waals surface area contributed by atoms with Crippen molar-refractivity contribution in [3.63, 3.8) is 0 Å². The minimum Gasteiger partial charge on any atom is -0.497 e. The van der Waals surface area contributed by atoms with Gasteiger partial charge in [0.05, 0.1) is 7.11 Å². The molecular weight excluding hydrogens is 446 g/mol. The van der Waals surface area contributed by atoms with Crippen LogP contribution in [-0.2, 0) is 20.8 Å². The van der Waals surface area contributed by atoms with Crippen LogP contribution in [0.15, 0.2) is 54.6 Å². The molecule has 3 N–H and O–H groups in total. The van der Waals surface area contributed by atoms with E-state index in [2.05, 4.69) is 16.0 Å². The SMILES string of the molecule is COc1cccc(C(=O)N[C@@H](CC(C)C)C(=O)NC(Cc2ccccc2)C(=O)C(=O)NC2CC2)c1. The first-order valence-electron chi connectivity index (χ1n) is 11.9. The van der Waals surface area contributed by atoms with E-state index in [0.717, 1.165) is 18.4 Å². The van der Waals surface area contributed by atoms with Crippen molar-refractivity contribution in [2.45, 2.75) is 57.7 Å². The van der Waals surface area contributed by atoms with Gasteiger partial charge in [0.15, 0.2) is 0 Å². The lowest BCUT2D eigenvalue weighted by Crippen LogP contribution is -2.55. The van der Waals surface area contributed by atoms with Gasteiger partial charge in [0.2, 0.25) is 11.7 Å². The average molecular weight is 480 g/mol. The maximum absolute atomic E-state index is 13.3. The predicted molar refractivity (Wildman–Crippen MR) is 132 cm³/mol. The average Bonchev–Trinajstić information content (AvgIpc) is 3.67. The van der Waals surface area contributed by atoms with Crippen LogP contribution in [0.4, 0.5) is 0 Å². The largest absolute Gasteiger partial charge is 0.497 e. The molecule has 0 aliphatic heterocycles. The van der Waals surface area contributed by atoms with Gasteiger partial charge in [-0.15, -0.1) is 0 Å². The molecule has 0 radical (unpaired) electrons. The summed E-state index contributed by atoms with van der Waals surface area (Å²) in [6.07, 6.45) is 2.23. The van der Waals surface area contributed by atoms with Gasteiger partial charge < -0.3 is 20.7 Å². The minimum absolute atomic E-state index is 0.0235. The summed E-state index contributed by atoms with van der Waals surface area (Å²) in [7, 11) is 1.51. The number of carbonyl (C=O) groups excluding carboxylic acids is 4. The second kappa shape index (κ2) is 12.1. The van der Waals surface area contributed by atoms with Gasteiger partial charge in [0, 0.05) is 18.0 Å². The summed E-state index contributed by atoms with van der Waals surface area (Å²) < 4.78 is 5.18. The Morgan fingerprint density at radius 1 is 0.943 bits per heavy atom. The number of hydrogen-bond acceptors (Lipinski definition) is 5. The van der Waals surface area contributed by atoms with Crippen molar-refractivity contribution in [1.29, 1.82) is 0 Å². The van der Waals surface area contributed by atoms with Crippen LogP contribution < -0.4 is 20.7 Å². The third-order valence-corrected chi connectivity index (χ3v) is 5.71. The fourth-order valence-corrected chi connectivity index (χ4v) is 3.68. The van der Waals surface area contributed by atoms with E-state index >= 15 is 0 Å². The Hall–Kier alpha value is -3.68. The van der Waals surface area contributed by atoms with E-state index in [9.17, 15) is 19.2 Å². The number of rotatable bonds is 12. The number of ketones is 1. The smallest absolute Gasteiger partial charge is 0.289 e. The number of nitrogens with one attached hydrogen (secondary N) is 3. The van der Waals surface area contributed by atoms with Crippen LogP contribution in [0, 0.1) is 5.92 Å². The van der Waals surface area contributed by atoms with E-state index in [-0.39, 0.29) is 18.4 Å². The molecule has 1 saturated carbocycles. The Morgan fingerprint density at radius 2 is 1.66 bits per heavy atom. The molecule has 2 aromatic rings. The highest BCUT2D eigenvalue weighted by molar-refractivity contribution is 6.38. The molecule has 1 fully saturated rings. The highest BCUT2D eigenvalue weighted by Crippen LogP contribution is 2.19. The standard InChI is InChI=1S/C27H33N3O5/c1-17(2)14-23(30-25(32)19-10-7-11-21(16-19)35-3)26(33)29-22(15-18-8-5-4-6-9-18)24(31)27(34)28-20-12-13-20/h4-11,16-17,20,22-23H,12-15H2,1-3H3,(H,28,34)(H,29,33)(H,30,32)/t22?,23-/m0/s1. The quantitative estimate of drug-likeness (QED) is 0.405. The van der Waals surface area contributed by atoms with E-state index < -0.39 is 35.6 Å². The topological polar surface area (TPSA) is 114 Å². The molecule has 1 unspecified atom stereocenters. The zero-order valence-corrected chi connectivity index (χ0v) is 20.4. The molecule has 2 aromatic carbocycles. The molecule has 1 aliphatic rings. The van der Waals surface area contributed by atoms with Gasteiger partial charge in [-0.3, -0.25) is 19.2 Å². The van der Waals surface area contributed by atoms with Crippen molar-refractivity contribution < 1.29 is 23.9 Å². The van der Waals surface area contributed by atoms with Crippen molar-refractivity contribution in [3.8, 4) is 5.75 Å². The Bertz CT molecular complexity index is 1050. The Balaban J connectivity index is 1.76. The third kappa shape index (κ3) is 7.95. The van der Waals surface area contributed by atoms with E-state index in [1.54, 1.807) is 24.3 Å². The van der Waals surface area contributed by atoms with Crippen LogP contribution in [0.25, 0.3) is 0 Å². The molecule has 2 atom stereocenters. The van der Waals surface area contributed by atoms with Crippen molar-refractivity contribution in [2.24, 2.45) is 5.92 Å². The van der Waals surface area contributed by atoms with Gasteiger partial charge in [-0.05, 0) is 48.9 Å². The van der Waals surface area contributed by atoms with Crippen LogP contribution in [-0.4, -0.2) is 48.7 Å². The predicted octanol–water partition coefficient (Wildman–Crippen LogP) is 2.41. The van der Waals surface area contributed by atoms with Gasteiger partial charge in [-0.2, -0.15) is 0 Å². The van der Waals surface area contributed by atoms with Crippen LogP contribution in [0.3, 0.4) is 0 Å². The summed E-state index contributed by atoms with van der Waals surface area (Å²) in [6, 6.07) is 13.9. The number of amides is 3. The van der Waals surface area contributed by atoms with Crippen molar-refractivity contribution in [2.75, 3.05) is 7.11 Å². The lowest BCUT2D eigenvalue weighted by atomic mass is 9.99. The van der Waals surface area contributed by atoms with Gasteiger partial charge in [-0.1, -0.05) is 50.2 Å². The molecule has 0 aromatic heterocycles.